The minimum Gasteiger partial charge on any atom is -0.386 e. The molecule has 0 aliphatic heterocycles. The van der Waals surface area contributed by atoms with Crippen LogP contribution in [-0.4, -0.2) is 19.8 Å². The first-order valence-electron chi connectivity index (χ1n) is 6.22. The molecule has 0 fully saturated rings. The first kappa shape index (κ1) is 15.7. The van der Waals surface area contributed by atoms with Gasteiger partial charge in [0.1, 0.15) is 5.84 Å². The standard InChI is InChI=1S/C13H21N3O2S/c1-4-13(5-2,12(14)15)16-19(17,18)11-8-6-7-10(3)9-11/h6-9,16H,4-5H2,1-3H3,(H3,14,15). The summed E-state index contributed by atoms with van der Waals surface area (Å²) in [6.45, 7) is 5.45. The topological polar surface area (TPSA) is 96.0 Å². The van der Waals surface area contributed by atoms with E-state index >= 15 is 0 Å². The van der Waals surface area contributed by atoms with E-state index in [0.717, 1.165) is 5.56 Å². The Morgan fingerprint density at radius 1 is 1.37 bits per heavy atom. The van der Waals surface area contributed by atoms with Gasteiger partial charge in [0, 0.05) is 0 Å². The van der Waals surface area contributed by atoms with Crippen molar-refractivity contribution in [3.8, 4) is 0 Å². The molecule has 19 heavy (non-hydrogen) atoms. The van der Waals surface area contributed by atoms with Crippen LogP contribution in [0.25, 0.3) is 0 Å². The molecular weight excluding hydrogens is 262 g/mol. The van der Waals surface area contributed by atoms with E-state index in [1.165, 1.54) is 6.07 Å². The van der Waals surface area contributed by atoms with Crippen LogP contribution in [0.1, 0.15) is 32.3 Å². The van der Waals surface area contributed by atoms with Crippen LogP contribution in [-0.2, 0) is 10.0 Å². The molecule has 0 aliphatic carbocycles. The SMILES string of the molecule is CCC(CC)(NS(=O)(=O)c1cccc(C)c1)C(=N)N. The zero-order valence-corrected chi connectivity index (χ0v) is 12.3. The maximum atomic E-state index is 12.4. The number of benzene rings is 1. The van der Waals surface area contributed by atoms with Crippen LogP contribution in [0.5, 0.6) is 0 Å². The smallest absolute Gasteiger partial charge is 0.241 e. The second kappa shape index (κ2) is 5.71. The van der Waals surface area contributed by atoms with Crippen molar-refractivity contribution in [1.82, 2.24) is 4.72 Å². The fourth-order valence-electron chi connectivity index (χ4n) is 1.93. The molecule has 0 amide bonds. The van der Waals surface area contributed by atoms with Crippen LogP contribution in [0.2, 0.25) is 0 Å². The third-order valence-corrected chi connectivity index (χ3v) is 4.89. The van der Waals surface area contributed by atoms with Crippen LogP contribution in [0, 0.1) is 12.3 Å². The molecule has 0 unspecified atom stereocenters. The van der Waals surface area contributed by atoms with E-state index in [1.807, 2.05) is 26.8 Å². The van der Waals surface area contributed by atoms with E-state index in [2.05, 4.69) is 4.72 Å². The van der Waals surface area contributed by atoms with E-state index in [-0.39, 0.29) is 10.7 Å². The van der Waals surface area contributed by atoms with Gasteiger partial charge >= 0.3 is 0 Å². The van der Waals surface area contributed by atoms with E-state index in [9.17, 15) is 8.42 Å². The van der Waals surface area contributed by atoms with E-state index in [0.29, 0.717) is 12.8 Å². The Morgan fingerprint density at radius 3 is 2.37 bits per heavy atom. The van der Waals surface area contributed by atoms with Crippen molar-refractivity contribution in [2.24, 2.45) is 5.73 Å². The Balaban J connectivity index is 3.18. The number of aryl methyl sites for hydroxylation is 1. The van der Waals surface area contributed by atoms with Crippen LogP contribution in [0.3, 0.4) is 0 Å². The van der Waals surface area contributed by atoms with Gasteiger partial charge in [-0.15, -0.1) is 0 Å². The number of hydrogen-bond donors (Lipinski definition) is 3. The average molecular weight is 283 g/mol. The van der Waals surface area contributed by atoms with Crippen molar-refractivity contribution >= 4 is 15.9 Å². The Bertz CT molecular complexity index is 563. The van der Waals surface area contributed by atoms with E-state index in [4.69, 9.17) is 11.1 Å². The van der Waals surface area contributed by atoms with Crippen LogP contribution in [0.15, 0.2) is 29.2 Å². The lowest BCUT2D eigenvalue weighted by molar-refractivity contribution is 0.458. The third kappa shape index (κ3) is 3.33. The molecule has 0 spiro atoms. The highest BCUT2D eigenvalue weighted by molar-refractivity contribution is 7.89. The summed E-state index contributed by atoms with van der Waals surface area (Å²) in [4.78, 5) is 0.194. The van der Waals surface area contributed by atoms with Crippen LogP contribution < -0.4 is 10.5 Å². The predicted molar refractivity (Wildman–Crippen MR) is 76.7 cm³/mol. The highest BCUT2D eigenvalue weighted by Gasteiger charge is 2.35. The summed E-state index contributed by atoms with van der Waals surface area (Å²) in [6.07, 6.45) is 0.869. The lowest BCUT2D eigenvalue weighted by Crippen LogP contribution is -2.56. The second-order valence-electron chi connectivity index (χ2n) is 4.62. The van der Waals surface area contributed by atoms with Gasteiger partial charge in [-0.1, -0.05) is 26.0 Å². The molecular formula is C13H21N3O2S. The Hall–Kier alpha value is -1.40. The molecule has 0 aromatic heterocycles. The maximum Gasteiger partial charge on any atom is 0.241 e. The molecule has 0 saturated carbocycles. The lowest BCUT2D eigenvalue weighted by atomic mass is 9.93. The minimum atomic E-state index is -3.68. The van der Waals surface area contributed by atoms with Gasteiger partial charge in [-0.3, -0.25) is 5.41 Å². The second-order valence-corrected chi connectivity index (χ2v) is 6.31. The van der Waals surface area contributed by atoms with Crippen LogP contribution in [0.4, 0.5) is 0 Å². The quantitative estimate of drug-likeness (QED) is 0.548. The molecule has 0 atom stereocenters. The van der Waals surface area contributed by atoms with Crippen molar-refractivity contribution < 1.29 is 8.42 Å². The summed E-state index contributed by atoms with van der Waals surface area (Å²) in [7, 11) is -3.68. The predicted octanol–water partition coefficient (Wildman–Crippen LogP) is 1.77. The number of nitrogens with one attached hydrogen (secondary N) is 2. The van der Waals surface area contributed by atoms with Gasteiger partial charge in [-0.25, -0.2) is 8.42 Å². The molecule has 1 rings (SSSR count). The van der Waals surface area contributed by atoms with Gasteiger partial charge in [-0.05, 0) is 37.5 Å². The minimum absolute atomic E-state index is 0.159. The largest absolute Gasteiger partial charge is 0.386 e. The van der Waals surface area contributed by atoms with Crippen LogP contribution >= 0.6 is 0 Å². The summed E-state index contributed by atoms with van der Waals surface area (Å²) in [5.74, 6) is -0.159. The zero-order chi connectivity index (χ0) is 14.7. The van der Waals surface area contributed by atoms with Gasteiger partial charge in [0.25, 0.3) is 0 Å². The fourth-order valence-corrected chi connectivity index (χ4v) is 3.56. The van der Waals surface area contributed by atoms with Gasteiger partial charge in [0.15, 0.2) is 0 Å². The Morgan fingerprint density at radius 2 is 1.95 bits per heavy atom. The summed E-state index contributed by atoms with van der Waals surface area (Å²) >= 11 is 0. The van der Waals surface area contributed by atoms with Crippen molar-refractivity contribution in [3.05, 3.63) is 29.8 Å². The van der Waals surface area contributed by atoms with Crippen molar-refractivity contribution in [2.45, 2.75) is 44.0 Å². The molecule has 106 valence electrons. The first-order valence-corrected chi connectivity index (χ1v) is 7.71. The van der Waals surface area contributed by atoms with Gasteiger partial charge in [-0.2, -0.15) is 4.72 Å². The first-order chi connectivity index (χ1) is 8.77. The molecule has 4 N–H and O–H groups in total. The maximum absolute atomic E-state index is 12.4. The molecule has 0 radical (unpaired) electrons. The normalized spacial score (nSPS) is 12.4. The summed E-state index contributed by atoms with van der Waals surface area (Å²) in [6, 6.07) is 6.65. The number of amidine groups is 1. The number of rotatable bonds is 6. The molecule has 6 heteroatoms. The molecule has 0 aliphatic rings. The zero-order valence-electron chi connectivity index (χ0n) is 11.5. The molecule has 5 nitrogen and oxygen atoms in total. The van der Waals surface area contributed by atoms with Gasteiger partial charge < -0.3 is 5.73 Å². The summed E-state index contributed by atoms with van der Waals surface area (Å²) < 4.78 is 27.3. The molecule has 0 heterocycles. The Labute approximate surface area is 114 Å². The third-order valence-electron chi connectivity index (χ3n) is 3.35. The summed E-state index contributed by atoms with van der Waals surface area (Å²) in [5.41, 5.74) is 5.42. The average Bonchev–Trinajstić information content (AvgIpc) is 2.35. The molecule has 1 aromatic rings. The lowest BCUT2D eigenvalue weighted by Gasteiger charge is -2.31. The molecule has 0 bridgehead atoms. The Kier molecular flexibility index (Phi) is 4.70. The number of sulfonamides is 1. The van der Waals surface area contributed by atoms with Crippen molar-refractivity contribution in [3.63, 3.8) is 0 Å². The molecule has 0 saturated heterocycles. The highest BCUT2D eigenvalue weighted by Crippen LogP contribution is 2.20. The molecule has 1 aromatic carbocycles. The monoisotopic (exact) mass is 283 g/mol. The number of nitrogens with two attached hydrogens (primary N) is 1. The summed E-state index contributed by atoms with van der Waals surface area (Å²) in [5, 5.41) is 7.64. The van der Waals surface area contributed by atoms with E-state index < -0.39 is 15.6 Å². The highest BCUT2D eigenvalue weighted by atomic mass is 32.2. The number of hydrogen-bond acceptors (Lipinski definition) is 3. The van der Waals surface area contributed by atoms with Gasteiger partial charge in [0.2, 0.25) is 10.0 Å². The van der Waals surface area contributed by atoms with Gasteiger partial charge in [0.05, 0.1) is 10.4 Å². The van der Waals surface area contributed by atoms with Crippen molar-refractivity contribution in [1.29, 1.82) is 5.41 Å². The van der Waals surface area contributed by atoms with Crippen molar-refractivity contribution in [2.75, 3.05) is 0 Å². The van der Waals surface area contributed by atoms with E-state index in [1.54, 1.807) is 12.1 Å². The fraction of sp³-hybridized carbons (Fsp3) is 0.462.